The molecule has 9 heteroatoms. The average Bonchev–Trinajstić information content (AvgIpc) is 3.27. The molecular formula is C28H35FN4O3S. The Balaban J connectivity index is 1.21. The monoisotopic (exact) mass is 526 g/mol. The number of halogens is 1. The molecule has 7 nitrogen and oxygen atoms in total. The second kappa shape index (κ2) is 11.0. The third kappa shape index (κ3) is 6.10. The number of aldehydes is 1. The highest BCUT2D eigenvalue weighted by Crippen LogP contribution is 2.38. The number of hydrogen-bond donors (Lipinski definition) is 2. The second-order valence-corrected chi connectivity index (χ2v) is 12.5. The average molecular weight is 527 g/mol. The lowest BCUT2D eigenvalue weighted by atomic mass is 9.81. The molecule has 0 atom stereocenters. The van der Waals surface area contributed by atoms with Gasteiger partial charge in [-0.1, -0.05) is 0 Å². The lowest BCUT2D eigenvalue weighted by Gasteiger charge is -2.33. The molecule has 2 fully saturated rings. The maximum Gasteiger partial charge on any atom is 0.208 e. The van der Waals surface area contributed by atoms with Crippen molar-refractivity contribution in [3.8, 4) is 5.69 Å². The Morgan fingerprint density at radius 1 is 1.05 bits per heavy atom. The van der Waals surface area contributed by atoms with Crippen LogP contribution in [-0.2, 0) is 10.0 Å². The predicted molar refractivity (Wildman–Crippen MR) is 143 cm³/mol. The third-order valence-corrected chi connectivity index (χ3v) is 8.87. The SMILES string of the molecule is CS(=O)(=O)NC1CCC(CNC2CCC(c3cn(-c4ccc(F)cc4C=O)c4cnccc34)CC2)CC1. The molecular weight excluding hydrogens is 491 g/mol. The van der Waals surface area contributed by atoms with Gasteiger partial charge in [-0.15, -0.1) is 0 Å². The van der Waals surface area contributed by atoms with Crippen LogP contribution in [0.2, 0.25) is 0 Å². The summed E-state index contributed by atoms with van der Waals surface area (Å²) in [6, 6.07) is 6.92. The highest BCUT2D eigenvalue weighted by molar-refractivity contribution is 7.88. The second-order valence-electron chi connectivity index (χ2n) is 10.7. The number of nitrogens with zero attached hydrogens (tertiary/aromatic N) is 2. The molecule has 2 saturated carbocycles. The first-order valence-corrected chi connectivity index (χ1v) is 15.1. The van der Waals surface area contributed by atoms with Gasteiger partial charge >= 0.3 is 0 Å². The van der Waals surface area contributed by atoms with Crippen LogP contribution in [0.25, 0.3) is 16.6 Å². The van der Waals surface area contributed by atoms with Crippen LogP contribution >= 0.6 is 0 Å². The quantitative estimate of drug-likeness (QED) is 0.415. The van der Waals surface area contributed by atoms with Crippen molar-refractivity contribution in [2.75, 3.05) is 12.8 Å². The number of hydrogen-bond acceptors (Lipinski definition) is 5. The van der Waals surface area contributed by atoms with Crippen molar-refractivity contribution in [3.63, 3.8) is 0 Å². The van der Waals surface area contributed by atoms with Crippen LogP contribution < -0.4 is 10.0 Å². The number of carbonyl (C=O) groups is 1. The van der Waals surface area contributed by atoms with E-state index in [0.717, 1.165) is 68.8 Å². The van der Waals surface area contributed by atoms with Gasteiger partial charge in [0.2, 0.25) is 10.0 Å². The van der Waals surface area contributed by atoms with E-state index in [-0.39, 0.29) is 6.04 Å². The molecule has 0 bridgehead atoms. The number of rotatable bonds is 8. The largest absolute Gasteiger partial charge is 0.314 e. The van der Waals surface area contributed by atoms with Crippen LogP contribution in [0.1, 0.15) is 73.2 Å². The molecule has 2 heterocycles. The van der Waals surface area contributed by atoms with Gasteiger partial charge in [-0.05, 0) is 99.6 Å². The van der Waals surface area contributed by atoms with E-state index in [1.165, 1.54) is 24.0 Å². The minimum atomic E-state index is -3.13. The number of carbonyl (C=O) groups excluding carboxylic acids is 1. The molecule has 0 amide bonds. The molecule has 5 rings (SSSR count). The minimum absolute atomic E-state index is 0.0801. The molecule has 2 aromatic heterocycles. The first-order valence-electron chi connectivity index (χ1n) is 13.2. The lowest BCUT2D eigenvalue weighted by Crippen LogP contribution is -2.40. The molecule has 1 aromatic carbocycles. The molecule has 2 N–H and O–H groups in total. The number of aromatic nitrogens is 2. The molecule has 0 saturated heterocycles. The van der Waals surface area contributed by atoms with Crippen molar-refractivity contribution >= 4 is 27.2 Å². The summed E-state index contributed by atoms with van der Waals surface area (Å²) in [5, 5.41) is 4.92. The third-order valence-electron chi connectivity index (χ3n) is 8.10. The Morgan fingerprint density at radius 3 is 2.49 bits per heavy atom. The van der Waals surface area contributed by atoms with E-state index in [4.69, 9.17) is 0 Å². The van der Waals surface area contributed by atoms with Crippen LogP contribution in [0.3, 0.4) is 0 Å². The normalized spacial score (nSPS) is 24.8. The summed E-state index contributed by atoms with van der Waals surface area (Å²) < 4.78 is 41.4. The Bertz CT molecular complexity index is 1360. The van der Waals surface area contributed by atoms with Gasteiger partial charge in [0.15, 0.2) is 6.29 Å². The van der Waals surface area contributed by atoms with E-state index < -0.39 is 15.8 Å². The molecule has 0 aliphatic heterocycles. The van der Waals surface area contributed by atoms with E-state index >= 15 is 0 Å². The van der Waals surface area contributed by atoms with Gasteiger partial charge in [-0.3, -0.25) is 9.78 Å². The number of nitrogens with one attached hydrogen (secondary N) is 2. The van der Waals surface area contributed by atoms with Crippen molar-refractivity contribution in [2.45, 2.75) is 69.4 Å². The van der Waals surface area contributed by atoms with Crippen LogP contribution in [0, 0.1) is 11.7 Å². The van der Waals surface area contributed by atoms with Gasteiger partial charge in [0.05, 0.1) is 23.7 Å². The molecule has 0 radical (unpaired) electrons. The zero-order valence-electron chi connectivity index (χ0n) is 21.2. The van der Waals surface area contributed by atoms with E-state index in [9.17, 15) is 17.6 Å². The number of sulfonamides is 1. The Hall–Kier alpha value is -2.62. The Morgan fingerprint density at radius 2 is 1.78 bits per heavy atom. The molecule has 37 heavy (non-hydrogen) atoms. The first-order chi connectivity index (χ1) is 17.8. The van der Waals surface area contributed by atoms with E-state index in [2.05, 4.69) is 21.2 Å². The topological polar surface area (TPSA) is 93.1 Å². The summed E-state index contributed by atoms with van der Waals surface area (Å²) in [5.74, 6) is 0.593. The maximum atomic E-state index is 13.7. The van der Waals surface area contributed by atoms with Gasteiger partial charge in [0, 0.05) is 35.4 Å². The number of fused-ring (bicyclic) bond motifs is 1. The summed E-state index contributed by atoms with van der Waals surface area (Å²) in [4.78, 5) is 16.0. The van der Waals surface area contributed by atoms with Gasteiger partial charge in [-0.25, -0.2) is 17.5 Å². The lowest BCUT2D eigenvalue weighted by molar-refractivity contribution is 0.112. The number of benzene rings is 1. The van der Waals surface area contributed by atoms with Gasteiger partial charge < -0.3 is 9.88 Å². The van der Waals surface area contributed by atoms with Crippen molar-refractivity contribution in [1.82, 2.24) is 19.6 Å². The van der Waals surface area contributed by atoms with Crippen molar-refractivity contribution in [1.29, 1.82) is 0 Å². The van der Waals surface area contributed by atoms with Crippen LogP contribution in [0.5, 0.6) is 0 Å². The van der Waals surface area contributed by atoms with Crippen molar-refractivity contribution < 1.29 is 17.6 Å². The molecule has 0 unspecified atom stereocenters. The van der Waals surface area contributed by atoms with Gasteiger partial charge in [0.1, 0.15) is 5.82 Å². The van der Waals surface area contributed by atoms with Gasteiger partial charge in [-0.2, -0.15) is 0 Å². The summed E-state index contributed by atoms with van der Waals surface area (Å²) in [6.45, 7) is 0.991. The van der Waals surface area contributed by atoms with Crippen LogP contribution in [-0.4, -0.2) is 49.1 Å². The fourth-order valence-electron chi connectivity index (χ4n) is 6.19. The Kier molecular flexibility index (Phi) is 7.74. The fraction of sp³-hybridized carbons (Fsp3) is 0.500. The standard InChI is InChI=1S/C28H35FN4O3S/c1-37(35,36)32-24-7-2-19(3-8-24)15-31-23-9-4-20(5-10-23)26-17-33(28-16-30-13-12-25(26)28)27-11-6-22(29)14-21(27)18-34/h6,11-14,16-20,23-24,31-32H,2-5,7-10,15H2,1H3. The predicted octanol–water partition coefficient (Wildman–Crippen LogP) is 4.70. The summed E-state index contributed by atoms with van der Waals surface area (Å²) >= 11 is 0. The number of pyridine rings is 1. The summed E-state index contributed by atoms with van der Waals surface area (Å²) in [6.07, 6.45) is 15.9. The highest BCUT2D eigenvalue weighted by Gasteiger charge is 2.27. The smallest absolute Gasteiger partial charge is 0.208 e. The summed E-state index contributed by atoms with van der Waals surface area (Å²) in [5.41, 5.74) is 3.17. The highest BCUT2D eigenvalue weighted by atomic mass is 32.2. The van der Waals surface area contributed by atoms with E-state index in [0.29, 0.717) is 35.4 Å². The van der Waals surface area contributed by atoms with Gasteiger partial charge in [0.25, 0.3) is 0 Å². The van der Waals surface area contributed by atoms with E-state index in [1.54, 1.807) is 12.3 Å². The molecule has 198 valence electrons. The first kappa shape index (κ1) is 26.0. The molecule has 0 spiro atoms. The molecule has 2 aliphatic rings. The van der Waals surface area contributed by atoms with Crippen LogP contribution in [0.15, 0.2) is 42.9 Å². The summed E-state index contributed by atoms with van der Waals surface area (Å²) in [7, 11) is -3.13. The van der Waals surface area contributed by atoms with Crippen molar-refractivity contribution in [2.24, 2.45) is 5.92 Å². The molecule has 3 aromatic rings. The zero-order chi connectivity index (χ0) is 26.0. The van der Waals surface area contributed by atoms with Crippen LogP contribution in [0.4, 0.5) is 4.39 Å². The van der Waals surface area contributed by atoms with E-state index in [1.807, 2.05) is 16.8 Å². The molecule has 2 aliphatic carbocycles. The maximum absolute atomic E-state index is 13.7. The Labute approximate surface area is 217 Å². The van der Waals surface area contributed by atoms with Crippen molar-refractivity contribution in [3.05, 3.63) is 59.8 Å². The zero-order valence-corrected chi connectivity index (χ0v) is 22.0. The fourth-order valence-corrected chi connectivity index (χ4v) is 7.03. The minimum Gasteiger partial charge on any atom is -0.314 e.